The van der Waals surface area contributed by atoms with Gasteiger partial charge in [0.15, 0.2) is 5.17 Å². The number of halogens is 1. The highest BCUT2D eigenvalue weighted by Gasteiger charge is 2.24. The minimum absolute atomic E-state index is 0.133. The maximum Gasteiger partial charge on any atom is 0.264 e. The van der Waals surface area contributed by atoms with E-state index in [-0.39, 0.29) is 5.91 Å². The Morgan fingerprint density at radius 1 is 1.00 bits per heavy atom. The summed E-state index contributed by atoms with van der Waals surface area (Å²) < 4.78 is 9.18. The molecule has 0 unspecified atom stereocenters. The summed E-state index contributed by atoms with van der Waals surface area (Å²) >= 11 is 4.81. The van der Waals surface area contributed by atoms with Crippen molar-refractivity contribution < 1.29 is 9.53 Å². The van der Waals surface area contributed by atoms with E-state index in [0.717, 1.165) is 44.1 Å². The van der Waals surface area contributed by atoms with Gasteiger partial charge in [0.1, 0.15) is 12.4 Å². The van der Waals surface area contributed by atoms with Gasteiger partial charge < -0.3 is 14.6 Å². The number of carbonyl (C=O) groups is 1. The molecule has 1 N–H and O–H groups in total. The molecule has 1 amide bonds. The van der Waals surface area contributed by atoms with Crippen LogP contribution in [0, 0.1) is 13.8 Å². The lowest BCUT2D eigenvalue weighted by molar-refractivity contribution is -0.115. The summed E-state index contributed by atoms with van der Waals surface area (Å²) in [5.74, 6) is 0.683. The Morgan fingerprint density at radius 3 is 2.44 bits per heavy atom. The van der Waals surface area contributed by atoms with Crippen molar-refractivity contribution in [1.29, 1.82) is 0 Å². The first-order chi connectivity index (χ1) is 17.5. The second kappa shape index (κ2) is 10.6. The molecule has 0 aliphatic carbocycles. The summed E-state index contributed by atoms with van der Waals surface area (Å²) in [7, 11) is 0. The fraction of sp³-hybridized carbons (Fsp3) is 0.103. The van der Waals surface area contributed by atoms with Gasteiger partial charge in [-0.3, -0.25) is 4.79 Å². The zero-order chi connectivity index (χ0) is 25.1. The largest absolute Gasteiger partial charge is 0.489 e. The van der Waals surface area contributed by atoms with Crippen LogP contribution in [0.15, 0.2) is 99.3 Å². The number of rotatable bonds is 6. The maximum atomic E-state index is 12.6. The molecule has 0 bridgehead atoms. The van der Waals surface area contributed by atoms with E-state index in [4.69, 9.17) is 4.74 Å². The molecule has 1 aromatic heterocycles. The standard InChI is InChI=1S/C29H24BrN3O2S/c1-19-16-22(17-27-28(34)32-29(36-27)31-24-6-4-3-5-7-24)20(2)33(19)25-12-14-26(15-13-25)35-18-21-8-10-23(30)11-9-21/h3-17H,18H2,1-2H3,(H,31,32,34)/b27-17-. The van der Waals surface area contributed by atoms with Crippen molar-refractivity contribution in [2.75, 3.05) is 0 Å². The number of amidine groups is 1. The topological polar surface area (TPSA) is 55.6 Å². The summed E-state index contributed by atoms with van der Waals surface area (Å²) in [6.07, 6.45) is 1.93. The Morgan fingerprint density at radius 2 is 1.72 bits per heavy atom. The number of amides is 1. The predicted octanol–water partition coefficient (Wildman–Crippen LogP) is 7.33. The second-order valence-corrected chi connectivity index (χ2v) is 10.3. The average molecular weight is 559 g/mol. The number of ether oxygens (including phenoxy) is 1. The highest BCUT2D eigenvalue weighted by atomic mass is 79.9. The highest BCUT2D eigenvalue weighted by molar-refractivity contribution is 9.10. The van der Waals surface area contributed by atoms with Gasteiger partial charge in [-0.2, -0.15) is 0 Å². The Bertz CT molecular complexity index is 1460. The van der Waals surface area contributed by atoms with E-state index in [0.29, 0.717) is 16.7 Å². The third-order valence-electron chi connectivity index (χ3n) is 5.81. The highest BCUT2D eigenvalue weighted by Crippen LogP contribution is 2.31. The Labute approximate surface area is 223 Å². The molecule has 0 radical (unpaired) electrons. The van der Waals surface area contributed by atoms with Crippen LogP contribution in [0.3, 0.4) is 0 Å². The summed E-state index contributed by atoms with van der Waals surface area (Å²) in [6.45, 7) is 4.64. The van der Waals surface area contributed by atoms with Crippen LogP contribution >= 0.6 is 27.7 Å². The van der Waals surface area contributed by atoms with Crippen molar-refractivity contribution >= 4 is 50.5 Å². The van der Waals surface area contributed by atoms with Gasteiger partial charge in [0.05, 0.1) is 10.6 Å². The monoisotopic (exact) mass is 557 g/mol. The number of aromatic nitrogens is 1. The second-order valence-electron chi connectivity index (χ2n) is 8.39. The van der Waals surface area contributed by atoms with Gasteiger partial charge in [0.25, 0.3) is 5.91 Å². The van der Waals surface area contributed by atoms with E-state index in [9.17, 15) is 4.79 Å². The average Bonchev–Trinajstić information content (AvgIpc) is 3.36. The van der Waals surface area contributed by atoms with Crippen LogP contribution < -0.4 is 10.1 Å². The van der Waals surface area contributed by atoms with Crippen LogP contribution in [0.5, 0.6) is 5.75 Å². The summed E-state index contributed by atoms with van der Waals surface area (Å²) in [5, 5.41) is 3.45. The predicted molar refractivity (Wildman–Crippen MR) is 151 cm³/mol. The molecule has 5 rings (SSSR count). The Hall–Kier alpha value is -3.55. The number of benzene rings is 3. The number of aliphatic imine (C=N–C) groups is 1. The van der Waals surface area contributed by atoms with Crippen molar-refractivity contribution in [3.63, 3.8) is 0 Å². The normalized spacial score (nSPS) is 15.5. The first-order valence-corrected chi connectivity index (χ1v) is 13.1. The van der Waals surface area contributed by atoms with E-state index in [2.05, 4.69) is 62.9 Å². The van der Waals surface area contributed by atoms with Gasteiger partial charge in [-0.1, -0.05) is 46.3 Å². The minimum Gasteiger partial charge on any atom is -0.489 e. The number of thioether (sulfide) groups is 1. The molecule has 4 aromatic rings. The third kappa shape index (κ3) is 5.48. The van der Waals surface area contributed by atoms with Crippen molar-refractivity contribution in [2.45, 2.75) is 20.5 Å². The Kier molecular flexibility index (Phi) is 7.11. The van der Waals surface area contributed by atoms with E-state index in [1.165, 1.54) is 11.8 Å². The zero-order valence-corrected chi connectivity index (χ0v) is 22.3. The summed E-state index contributed by atoms with van der Waals surface area (Å²) in [6, 6.07) is 27.9. The Balaban J connectivity index is 1.32. The lowest BCUT2D eigenvalue weighted by Crippen LogP contribution is -2.19. The van der Waals surface area contributed by atoms with Crippen LogP contribution in [-0.4, -0.2) is 15.6 Å². The van der Waals surface area contributed by atoms with Gasteiger partial charge >= 0.3 is 0 Å². The van der Waals surface area contributed by atoms with Crippen molar-refractivity contribution in [3.05, 3.63) is 117 Å². The minimum atomic E-state index is -0.133. The van der Waals surface area contributed by atoms with Gasteiger partial charge in [-0.15, -0.1) is 0 Å². The van der Waals surface area contributed by atoms with Crippen LogP contribution in [0.25, 0.3) is 11.8 Å². The quantitative estimate of drug-likeness (QED) is 0.252. The van der Waals surface area contributed by atoms with Crippen molar-refractivity contribution in [1.82, 2.24) is 9.88 Å². The molecule has 1 aliphatic rings. The number of carbonyl (C=O) groups excluding carboxylic acids is 1. The van der Waals surface area contributed by atoms with E-state index >= 15 is 0 Å². The molecule has 180 valence electrons. The summed E-state index contributed by atoms with van der Waals surface area (Å²) in [4.78, 5) is 17.7. The molecule has 0 saturated carbocycles. The van der Waals surface area contributed by atoms with Crippen LogP contribution in [0.4, 0.5) is 5.69 Å². The molecular weight excluding hydrogens is 534 g/mol. The van der Waals surface area contributed by atoms with Crippen molar-refractivity contribution in [3.8, 4) is 11.4 Å². The number of hydrogen-bond acceptors (Lipinski definition) is 4. The van der Waals surface area contributed by atoms with E-state index in [1.54, 1.807) is 0 Å². The smallest absolute Gasteiger partial charge is 0.264 e. The van der Waals surface area contributed by atoms with Gasteiger partial charge in [-0.25, -0.2) is 4.99 Å². The van der Waals surface area contributed by atoms with Crippen LogP contribution in [0.1, 0.15) is 22.5 Å². The summed E-state index contributed by atoms with van der Waals surface area (Å²) in [5.41, 5.74) is 6.11. The molecule has 7 heteroatoms. The number of nitrogens with one attached hydrogen (secondary N) is 1. The molecule has 2 heterocycles. The van der Waals surface area contributed by atoms with E-state index < -0.39 is 0 Å². The SMILES string of the molecule is Cc1cc(/C=C2\SC(=Nc3ccccc3)NC2=O)c(C)n1-c1ccc(OCc2ccc(Br)cc2)cc1. The number of para-hydroxylation sites is 1. The fourth-order valence-corrected chi connectivity index (χ4v) is 5.11. The number of aryl methyl sites for hydroxylation is 1. The molecule has 1 saturated heterocycles. The first kappa shape index (κ1) is 24.2. The molecule has 1 fully saturated rings. The molecule has 3 aromatic carbocycles. The molecule has 36 heavy (non-hydrogen) atoms. The van der Waals surface area contributed by atoms with Gasteiger partial charge in [0.2, 0.25) is 0 Å². The molecule has 1 aliphatic heterocycles. The molecule has 5 nitrogen and oxygen atoms in total. The van der Waals surface area contributed by atoms with Crippen LogP contribution in [0.2, 0.25) is 0 Å². The third-order valence-corrected chi connectivity index (χ3v) is 7.25. The lowest BCUT2D eigenvalue weighted by Gasteiger charge is -2.11. The van der Waals surface area contributed by atoms with Crippen molar-refractivity contribution in [2.24, 2.45) is 4.99 Å². The number of hydrogen-bond donors (Lipinski definition) is 1. The number of nitrogens with zero attached hydrogens (tertiary/aromatic N) is 2. The lowest BCUT2D eigenvalue weighted by atomic mass is 10.2. The zero-order valence-electron chi connectivity index (χ0n) is 19.9. The molecule has 0 spiro atoms. The fourth-order valence-electron chi connectivity index (χ4n) is 4.01. The van der Waals surface area contributed by atoms with E-state index in [1.807, 2.05) is 72.8 Å². The first-order valence-electron chi connectivity index (χ1n) is 11.5. The maximum absolute atomic E-state index is 12.6. The molecule has 0 atom stereocenters. The van der Waals surface area contributed by atoms with Gasteiger partial charge in [0, 0.05) is 21.5 Å². The van der Waals surface area contributed by atoms with Crippen LogP contribution in [-0.2, 0) is 11.4 Å². The molecular formula is C29H24BrN3O2S. The van der Waals surface area contributed by atoms with Gasteiger partial charge in [-0.05, 0) is 97.4 Å².